The molecule has 0 heterocycles. The highest BCUT2D eigenvalue weighted by molar-refractivity contribution is 5.81. The highest BCUT2D eigenvalue weighted by atomic mass is 16.6. The number of aliphatic hydroxyl groups is 1. The highest BCUT2D eigenvalue weighted by Crippen LogP contribution is 2.61. The number of hydrogen-bond donors (Lipinski definition) is 1. The molecular weight excluding hydrogens is 296 g/mol. The normalized spacial score (nSPS) is 38.9. The first-order chi connectivity index (χ1) is 10.8. The van der Waals surface area contributed by atoms with Gasteiger partial charge < -0.3 is 14.6 Å². The van der Waals surface area contributed by atoms with Crippen molar-refractivity contribution in [2.75, 3.05) is 6.61 Å². The van der Waals surface area contributed by atoms with Gasteiger partial charge in [0.2, 0.25) is 0 Å². The van der Waals surface area contributed by atoms with Crippen molar-refractivity contribution in [1.29, 1.82) is 0 Å². The number of carbonyl (C=O) groups excluding carboxylic acids is 2. The Bertz CT molecular complexity index is 498. The first-order valence-corrected chi connectivity index (χ1v) is 8.57. The summed E-state index contributed by atoms with van der Waals surface area (Å²) in [6, 6.07) is 0. The molecule has 23 heavy (non-hydrogen) atoms. The number of rotatable bonds is 6. The molecule has 0 saturated heterocycles. The van der Waals surface area contributed by atoms with Gasteiger partial charge >= 0.3 is 11.9 Å². The first-order valence-electron chi connectivity index (χ1n) is 8.57. The molecule has 0 aromatic heterocycles. The lowest BCUT2D eigenvalue weighted by molar-refractivity contribution is -0.196. The third kappa shape index (κ3) is 3.30. The van der Waals surface area contributed by atoms with E-state index in [-0.39, 0.29) is 18.7 Å². The highest BCUT2D eigenvalue weighted by Gasteiger charge is 2.60. The van der Waals surface area contributed by atoms with E-state index < -0.39 is 17.0 Å². The zero-order valence-electron chi connectivity index (χ0n) is 13.8. The van der Waals surface area contributed by atoms with Gasteiger partial charge in [-0.05, 0) is 57.3 Å². The Morgan fingerprint density at radius 2 is 1.96 bits per heavy atom. The van der Waals surface area contributed by atoms with Crippen molar-refractivity contribution in [2.24, 2.45) is 17.3 Å². The average Bonchev–Trinajstić information content (AvgIpc) is 2.44. The van der Waals surface area contributed by atoms with Gasteiger partial charge in [0.1, 0.15) is 6.10 Å². The van der Waals surface area contributed by atoms with Gasteiger partial charge in [0.15, 0.2) is 0 Å². The van der Waals surface area contributed by atoms with Crippen molar-refractivity contribution in [1.82, 2.24) is 0 Å². The van der Waals surface area contributed by atoms with E-state index in [1.165, 1.54) is 0 Å². The predicted octanol–water partition coefficient (Wildman–Crippen LogP) is 2.37. The Morgan fingerprint density at radius 3 is 2.52 bits per heavy atom. The number of esters is 2. The summed E-state index contributed by atoms with van der Waals surface area (Å²) in [5.74, 6) is 0.280. The van der Waals surface area contributed by atoms with E-state index in [1.54, 1.807) is 6.92 Å². The van der Waals surface area contributed by atoms with E-state index >= 15 is 0 Å². The maximum absolute atomic E-state index is 12.6. The number of carbonyl (C=O) groups is 2. The van der Waals surface area contributed by atoms with Crippen LogP contribution in [0.5, 0.6) is 0 Å². The molecule has 0 spiro atoms. The van der Waals surface area contributed by atoms with Gasteiger partial charge in [-0.2, -0.15) is 0 Å². The molecule has 0 aromatic rings. The molecular formula is C18H26O5. The van der Waals surface area contributed by atoms with E-state index in [2.05, 4.69) is 6.58 Å². The standard InChI is InChI=1S/C18H26O5/c1-3-15(19)23-12(2)4-5-22-16(20)17-7-13-6-14(8-17)10-18(21,9-13)11-17/h3,12-14,21H,1,4-11H2,2H3. The van der Waals surface area contributed by atoms with Gasteiger partial charge in [-0.25, -0.2) is 4.79 Å². The monoisotopic (exact) mass is 322 g/mol. The third-order valence-electron chi connectivity index (χ3n) is 5.70. The van der Waals surface area contributed by atoms with Gasteiger partial charge in [0.25, 0.3) is 0 Å². The summed E-state index contributed by atoms with van der Waals surface area (Å²) >= 11 is 0. The summed E-state index contributed by atoms with van der Waals surface area (Å²) < 4.78 is 10.5. The van der Waals surface area contributed by atoms with Crippen molar-refractivity contribution in [3.8, 4) is 0 Å². The topological polar surface area (TPSA) is 72.8 Å². The van der Waals surface area contributed by atoms with Gasteiger partial charge in [0.05, 0.1) is 17.6 Å². The minimum Gasteiger partial charge on any atom is -0.465 e. The molecule has 1 N–H and O–H groups in total. The van der Waals surface area contributed by atoms with Crippen LogP contribution in [0.3, 0.4) is 0 Å². The Hall–Kier alpha value is -1.36. The maximum Gasteiger partial charge on any atom is 0.330 e. The Balaban J connectivity index is 1.53. The molecule has 4 fully saturated rings. The minimum absolute atomic E-state index is 0.174. The summed E-state index contributed by atoms with van der Waals surface area (Å²) in [5, 5.41) is 10.7. The lowest BCUT2D eigenvalue weighted by Crippen LogP contribution is -2.58. The van der Waals surface area contributed by atoms with Crippen molar-refractivity contribution >= 4 is 11.9 Å². The van der Waals surface area contributed by atoms with Crippen molar-refractivity contribution in [3.63, 3.8) is 0 Å². The van der Waals surface area contributed by atoms with Crippen LogP contribution in [0.1, 0.15) is 51.9 Å². The molecule has 3 atom stereocenters. The Kier molecular flexibility index (Phi) is 4.25. The zero-order valence-corrected chi connectivity index (χ0v) is 13.8. The summed E-state index contributed by atoms with van der Waals surface area (Å²) in [5.41, 5.74) is -1.14. The van der Waals surface area contributed by atoms with E-state index in [0.717, 1.165) is 38.2 Å². The molecule has 0 aliphatic heterocycles. The maximum atomic E-state index is 12.6. The largest absolute Gasteiger partial charge is 0.465 e. The fraction of sp³-hybridized carbons (Fsp3) is 0.778. The summed E-state index contributed by atoms with van der Waals surface area (Å²) in [6.45, 7) is 5.35. The third-order valence-corrected chi connectivity index (χ3v) is 5.70. The molecule has 128 valence electrons. The molecule has 4 bridgehead atoms. The summed E-state index contributed by atoms with van der Waals surface area (Å²) in [6.07, 6.45) is 6.36. The molecule has 4 rings (SSSR count). The first kappa shape index (κ1) is 16.5. The fourth-order valence-corrected chi connectivity index (χ4v) is 5.23. The molecule has 0 radical (unpaired) electrons. The Labute approximate surface area is 137 Å². The molecule has 4 saturated carbocycles. The number of hydrogen-bond acceptors (Lipinski definition) is 5. The van der Waals surface area contributed by atoms with E-state index in [0.29, 0.717) is 24.7 Å². The van der Waals surface area contributed by atoms with Gasteiger partial charge in [0, 0.05) is 12.5 Å². The van der Waals surface area contributed by atoms with E-state index in [4.69, 9.17) is 9.47 Å². The smallest absolute Gasteiger partial charge is 0.330 e. The van der Waals surface area contributed by atoms with E-state index in [9.17, 15) is 14.7 Å². The lowest BCUT2D eigenvalue weighted by atomic mass is 9.48. The van der Waals surface area contributed by atoms with Crippen molar-refractivity contribution < 1.29 is 24.2 Å². The molecule has 4 aliphatic carbocycles. The molecule has 3 unspecified atom stereocenters. The van der Waals surface area contributed by atoms with Gasteiger partial charge in [-0.1, -0.05) is 6.58 Å². The summed E-state index contributed by atoms with van der Waals surface area (Å²) in [7, 11) is 0. The molecule has 5 heteroatoms. The molecule has 0 aromatic carbocycles. The molecule has 5 nitrogen and oxygen atoms in total. The van der Waals surface area contributed by atoms with Crippen LogP contribution < -0.4 is 0 Å². The summed E-state index contributed by atoms with van der Waals surface area (Å²) in [4.78, 5) is 23.7. The van der Waals surface area contributed by atoms with Crippen LogP contribution in [0.25, 0.3) is 0 Å². The second-order valence-electron chi connectivity index (χ2n) is 7.84. The van der Waals surface area contributed by atoms with Crippen molar-refractivity contribution in [3.05, 3.63) is 12.7 Å². The van der Waals surface area contributed by atoms with Crippen LogP contribution in [0.15, 0.2) is 12.7 Å². The van der Waals surface area contributed by atoms with Crippen molar-refractivity contribution in [2.45, 2.75) is 63.6 Å². The number of ether oxygens (including phenoxy) is 2. The molecule has 4 aliphatic rings. The van der Waals surface area contributed by atoms with Gasteiger partial charge in [-0.3, -0.25) is 4.79 Å². The second-order valence-corrected chi connectivity index (χ2v) is 7.84. The quantitative estimate of drug-likeness (QED) is 0.600. The lowest BCUT2D eigenvalue weighted by Gasteiger charge is -2.58. The van der Waals surface area contributed by atoms with Crippen LogP contribution in [0.4, 0.5) is 0 Å². The predicted molar refractivity (Wildman–Crippen MR) is 83.4 cm³/mol. The average molecular weight is 322 g/mol. The molecule has 0 amide bonds. The van der Waals surface area contributed by atoms with Gasteiger partial charge in [-0.15, -0.1) is 0 Å². The SMILES string of the molecule is C=CC(=O)OC(C)CCOC(=O)C12CC3CC(CC(O)(C3)C1)C2. The van der Waals surface area contributed by atoms with Crippen LogP contribution in [0.2, 0.25) is 0 Å². The fourth-order valence-electron chi connectivity index (χ4n) is 5.23. The van der Waals surface area contributed by atoms with E-state index in [1.807, 2.05) is 0 Å². The second kappa shape index (κ2) is 5.93. The van der Waals surface area contributed by atoms with Crippen LogP contribution in [0, 0.1) is 17.3 Å². The van der Waals surface area contributed by atoms with Crippen LogP contribution in [-0.2, 0) is 19.1 Å². The van der Waals surface area contributed by atoms with Crippen LogP contribution in [-0.4, -0.2) is 35.4 Å². The zero-order chi connectivity index (χ0) is 16.7. The minimum atomic E-state index is -0.657. The Morgan fingerprint density at radius 1 is 1.30 bits per heavy atom. The van der Waals surface area contributed by atoms with Crippen LogP contribution >= 0.6 is 0 Å².